The highest BCUT2D eigenvalue weighted by Gasteiger charge is 2.18. The van der Waals surface area contributed by atoms with Gasteiger partial charge in [-0.05, 0) is 49.2 Å². The number of carbonyl (C=O) groups is 2. The SMILES string of the molecule is O=C(COc1ccccc1C(=O)NC[C@H]1CCCO1)Nc1ccc(Br)cc1. The highest BCUT2D eigenvalue weighted by atomic mass is 79.9. The molecule has 1 fully saturated rings. The molecule has 0 spiro atoms. The van der Waals surface area contributed by atoms with Gasteiger partial charge in [0.1, 0.15) is 5.75 Å². The van der Waals surface area contributed by atoms with Crippen molar-refractivity contribution in [3.05, 3.63) is 58.6 Å². The second-order valence-corrected chi connectivity index (χ2v) is 7.10. The molecule has 2 aromatic rings. The van der Waals surface area contributed by atoms with Crippen molar-refractivity contribution in [2.45, 2.75) is 18.9 Å². The minimum Gasteiger partial charge on any atom is -0.483 e. The van der Waals surface area contributed by atoms with Crippen LogP contribution in [0.25, 0.3) is 0 Å². The van der Waals surface area contributed by atoms with Crippen LogP contribution in [0.1, 0.15) is 23.2 Å². The first-order chi connectivity index (χ1) is 13.1. The van der Waals surface area contributed by atoms with E-state index >= 15 is 0 Å². The van der Waals surface area contributed by atoms with Gasteiger partial charge in [-0.15, -0.1) is 0 Å². The Morgan fingerprint density at radius 2 is 1.93 bits per heavy atom. The van der Waals surface area contributed by atoms with Crippen LogP contribution in [0.15, 0.2) is 53.0 Å². The number of nitrogens with one attached hydrogen (secondary N) is 2. The van der Waals surface area contributed by atoms with Gasteiger partial charge < -0.3 is 20.1 Å². The maximum Gasteiger partial charge on any atom is 0.262 e. The molecule has 0 aromatic heterocycles. The van der Waals surface area contributed by atoms with Crippen molar-refractivity contribution < 1.29 is 19.1 Å². The highest BCUT2D eigenvalue weighted by molar-refractivity contribution is 9.10. The smallest absolute Gasteiger partial charge is 0.262 e. The zero-order chi connectivity index (χ0) is 19.1. The van der Waals surface area contributed by atoms with Gasteiger partial charge in [-0.2, -0.15) is 0 Å². The number of hydrogen-bond acceptors (Lipinski definition) is 4. The average Bonchev–Trinajstić information content (AvgIpc) is 3.20. The Balaban J connectivity index is 1.54. The molecule has 1 heterocycles. The molecule has 0 saturated carbocycles. The van der Waals surface area contributed by atoms with Crippen LogP contribution in [0.4, 0.5) is 5.69 Å². The summed E-state index contributed by atoms with van der Waals surface area (Å²) in [5.41, 5.74) is 1.07. The van der Waals surface area contributed by atoms with Crippen molar-refractivity contribution in [3.63, 3.8) is 0 Å². The van der Waals surface area contributed by atoms with E-state index in [1.807, 2.05) is 12.1 Å². The molecule has 0 radical (unpaired) electrons. The largest absolute Gasteiger partial charge is 0.483 e. The number of ether oxygens (including phenoxy) is 2. The maximum atomic E-state index is 12.4. The Bertz CT molecular complexity index is 789. The first-order valence-corrected chi connectivity index (χ1v) is 9.58. The number of amides is 2. The number of halogens is 1. The van der Waals surface area contributed by atoms with Gasteiger partial charge in [0.2, 0.25) is 0 Å². The van der Waals surface area contributed by atoms with Crippen LogP contribution in [0, 0.1) is 0 Å². The van der Waals surface area contributed by atoms with Crippen LogP contribution >= 0.6 is 15.9 Å². The molecule has 1 saturated heterocycles. The topological polar surface area (TPSA) is 76.7 Å². The third kappa shape index (κ3) is 5.80. The van der Waals surface area contributed by atoms with Gasteiger partial charge in [-0.25, -0.2) is 0 Å². The van der Waals surface area contributed by atoms with Crippen molar-refractivity contribution in [1.29, 1.82) is 0 Å². The van der Waals surface area contributed by atoms with E-state index in [9.17, 15) is 9.59 Å². The second-order valence-electron chi connectivity index (χ2n) is 6.18. The van der Waals surface area contributed by atoms with Gasteiger partial charge in [-0.3, -0.25) is 9.59 Å². The van der Waals surface area contributed by atoms with Gasteiger partial charge >= 0.3 is 0 Å². The van der Waals surface area contributed by atoms with E-state index in [1.165, 1.54) is 0 Å². The summed E-state index contributed by atoms with van der Waals surface area (Å²) in [5, 5.41) is 5.61. The summed E-state index contributed by atoms with van der Waals surface area (Å²) in [6, 6.07) is 14.1. The standard InChI is InChI=1S/C20H21BrN2O4/c21-14-7-9-15(10-8-14)23-19(24)13-27-18-6-2-1-5-17(18)20(25)22-12-16-4-3-11-26-16/h1-2,5-10,16H,3-4,11-13H2,(H,22,25)(H,23,24)/t16-/m1/s1. The van der Waals surface area contributed by atoms with Crippen molar-refractivity contribution >= 4 is 33.4 Å². The van der Waals surface area contributed by atoms with E-state index < -0.39 is 0 Å². The molecule has 142 valence electrons. The summed E-state index contributed by atoms with van der Waals surface area (Å²) >= 11 is 3.35. The summed E-state index contributed by atoms with van der Waals surface area (Å²) in [4.78, 5) is 24.5. The van der Waals surface area contributed by atoms with Crippen LogP contribution in [-0.2, 0) is 9.53 Å². The first-order valence-electron chi connectivity index (χ1n) is 8.79. The Kier molecular flexibility index (Phi) is 6.84. The van der Waals surface area contributed by atoms with Crippen molar-refractivity contribution in [1.82, 2.24) is 5.32 Å². The molecule has 0 bridgehead atoms. The molecule has 1 atom stereocenters. The third-order valence-corrected chi connectivity index (χ3v) is 4.66. The lowest BCUT2D eigenvalue weighted by Crippen LogP contribution is -2.32. The summed E-state index contributed by atoms with van der Waals surface area (Å²) in [5.74, 6) is -0.172. The molecule has 7 heteroatoms. The number of rotatable bonds is 7. The molecule has 6 nitrogen and oxygen atoms in total. The number of anilines is 1. The van der Waals surface area contributed by atoms with E-state index in [2.05, 4.69) is 26.6 Å². The lowest BCUT2D eigenvalue weighted by atomic mass is 10.1. The summed E-state index contributed by atoms with van der Waals surface area (Å²) in [6.45, 7) is 1.02. The molecule has 0 aliphatic carbocycles. The molecular formula is C20H21BrN2O4. The summed E-state index contributed by atoms with van der Waals surface area (Å²) in [7, 11) is 0. The van der Waals surface area contributed by atoms with Gasteiger partial charge in [0.05, 0.1) is 11.7 Å². The van der Waals surface area contributed by atoms with Gasteiger partial charge in [-0.1, -0.05) is 28.1 Å². The lowest BCUT2D eigenvalue weighted by molar-refractivity contribution is -0.118. The predicted octanol–water partition coefficient (Wildman–Crippen LogP) is 3.38. The monoisotopic (exact) mass is 432 g/mol. The molecule has 1 aliphatic rings. The minimum absolute atomic E-state index is 0.0683. The van der Waals surface area contributed by atoms with E-state index in [4.69, 9.17) is 9.47 Å². The lowest BCUT2D eigenvalue weighted by Gasteiger charge is -2.14. The molecule has 1 aliphatic heterocycles. The highest BCUT2D eigenvalue weighted by Crippen LogP contribution is 2.19. The molecule has 2 N–H and O–H groups in total. The first kappa shape index (κ1) is 19.4. The fraction of sp³-hybridized carbons (Fsp3) is 0.300. The third-order valence-electron chi connectivity index (χ3n) is 4.13. The van der Waals surface area contributed by atoms with E-state index in [0.29, 0.717) is 23.5 Å². The van der Waals surface area contributed by atoms with Gasteiger partial charge in [0.25, 0.3) is 11.8 Å². The minimum atomic E-state index is -0.299. The van der Waals surface area contributed by atoms with E-state index in [0.717, 1.165) is 23.9 Å². The van der Waals surface area contributed by atoms with Crippen LogP contribution in [0.3, 0.4) is 0 Å². The second kappa shape index (κ2) is 9.53. The molecule has 3 rings (SSSR count). The Labute approximate surface area is 166 Å². The maximum absolute atomic E-state index is 12.4. The quantitative estimate of drug-likeness (QED) is 0.702. The van der Waals surface area contributed by atoms with E-state index in [1.54, 1.807) is 36.4 Å². The van der Waals surface area contributed by atoms with Crippen molar-refractivity contribution in [2.75, 3.05) is 25.1 Å². The summed E-state index contributed by atoms with van der Waals surface area (Å²) in [6.07, 6.45) is 2.04. The zero-order valence-corrected chi connectivity index (χ0v) is 16.3. The molecule has 2 amide bonds. The fourth-order valence-electron chi connectivity index (χ4n) is 2.76. The summed E-state index contributed by atoms with van der Waals surface area (Å²) < 4.78 is 12.0. The van der Waals surface area contributed by atoms with Crippen LogP contribution in [0.5, 0.6) is 5.75 Å². The molecule has 0 unspecified atom stereocenters. The Morgan fingerprint density at radius 1 is 1.15 bits per heavy atom. The van der Waals surface area contributed by atoms with Crippen LogP contribution in [0.2, 0.25) is 0 Å². The number of hydrogen-bond donors (Lipinski definition) is 2. The predicted molar refractivity (Wildman–Crippen MR) is 106 cm³/mol. The molecule has 27 heavy (non-hydrogen) atoms. The Morgan fingerprint density at radius 3 is 2.67 bits per heavy atom. The van der Waals surface area contributed by atoms with Gasteiger partial charge in [0.15, 0.2) is 6.61 Å². The Hall–Kier alpha value is -2.38. The number of benzene rings is 2. The van der Waals surface area contributed by atoms with Crippen molar-refractivity contribution in [2.24, 2.45) is 0 Å². The number of carbonyl (C=O) groups excluding carboxylic acids is 2. The molecular weight excluding hydrogens is 412 g/mol. The fourth-order valence-corrected chi connectivity index (χ4v) is 3.03. The molecule has 2 aromatic carbocycles. The average molecular weight is 433 g/mol. The number of para-hydroxylation sites is 1. The normalized spacial score (nSPS) is 16.0. The van der Waals surface area contributed by atoms with E-state index in [-0.39, 0.29) is 24.5 Å². The van der Waals surface area contributed by atoms with Gasteiger partial charge in [0, 0.05) is 23.3 Å². The van der Waals surface area contributed by atoms with Crippen LogP contribution in [-0.4, -0.2) is 37.7 Å². The van der Waals surface area contributed by atoms with Crippen molar-refractivity contribution in [3.8, 4) is 5.75 Å². The zero-order valence-electron chi connectivity index (χ0n) is 14.7. The van der Waals surface area contributed by atoms with Crippen LogP contribution < -0.4 is 15.4 Å².